The zero-order valence-corrected chi connectivity index (χ0v) is 19.6. The first-order chi connectivity index (χ1) is 15.6. The Hall–Kier alpha value is -2.71. The number of nitrogens with zero attached hydrogens (tertiary/aromatic N) is 5. The quantitative estimate of drug-likeness (QED) is 0.649. The fourth-order valence-corrected chi connectivity index (χ4v) is 4.60. The average Bonchev–Trinajstić information content (AvgIpc) is 3.23. The van der Waals surface area contributed by atoms with Crippen molar-refractivity contribution in [1.29, 1.82) is 0 Å². The Kier molecular flexibility index (Phi) is 7.22. The third kappa shape index (κ3) is 4.86. The van der Waals surface area contributed by atoms with Gasteiger partial charge in [0, 0.05) is 33.5 Å². The summed E-state index contributed by atoms with van der Waals surface area (Å²) in [5.74, 6) is 1.41. The fourth-order valence-electron chi connectivity index (χ4n) is 4.60. The molecule has 0 bridgehead atoms. The van der Waals surface area contributed by atoms with Crippen molar-refractivity contribution in [3.63, 3.8) is 0 Å². The molecular weight excluding hydrogens is 404 g/mol. The van der Waals surface area contributed by atoms with Crippen LogP contribution in [0.5, 0.6) is 5.75 Å². The Balaban J connectivity index is 0.000000775. The van der Waals surface area contributed by atoms with E-state index in [9.17, 15) is 0 Å². The van der Waals surface area contributed by atoms with Crippen LogP contribution >= 0.6 is 0 Å². The molecule has 5 rings (SSSR count). The van der Waals surface area contributed by atoms with E-state index in [1.165, 1.54) is 43.2 Å². The van der Waals surface area contributed by atoms with Crippen molar-refractivity contribution in [2.24, 2.45) is 0 Å². The number of hydrogen-bond acceptors (Lipinski definition) is 7. The Morgan fingerprint density at radius 2 is 1.81 bits per heavy atom. The van der Waals surface area contributed by atoms with Gasteiger partial charge in [0.1, 0.15) is 5.75 Å². The van der Waals surface area contributed by atoms with Gasteiger partial charge in [0.15, 0.2) is 5.65 Å². The third-order valence-electron chi connectivity index (χ3n) is 6.23. The van der Waals surface area contributed by atoms with Crippen molar-refractivity contribution < 1.29 is 9.47 Å². The van der Waals surface area contributed by atoms with Gasteiger partial charge in [-0.2, -0.15) is 10.1 Å². The molecule has 3 heterocycles. The number of fused-ring (bicyclic) bond motifs is 2. The number of ether oxygens (including phenoxy) is 2. The van der Waals surface area contributed by atoms with E-state index in [0.29, 0.717) is 12.0 Å². The summed E-state index contributed by atoms with van der Waals surface area (Å²) < 4.78 is 12.0. The van der Waals surface area contributed by atoms with Crippen LogP contribution in [0.25, 0.3) is 11.0 Å². The lowest BCUT2D eigenvalue weighted by Gasteiger charge is -2.26. The second-order valence-corrected chi connectivity index (χ2v) is 8.70. The van der Waals surface area contributed by atoms with Crippen molar-refractivity contribution in [2.75, 3.05) is 40.2 Å². The summed E-state index contributed by atoms with van der Waals surface area (Å²) in [6, 6.07) is 4.77. The Labute approximate surface area is 189 Å². The van der Waals surface area contributed by atoms with Crippen molar-refractivity contribution >= 4 is 22.7 Å². The number of rotatable bonds is 4. The molecule has 32 heavy (non-hydrogen) atoms. The van der Waals surface area contributed by atoms with Crippen molar-refractivity contribution in [1.82, 2.24) is 24.6 Å². The molecule has 8 heteroatoms. The SMILES string of the molecule is COC.COc1cc2c(cc1Nc1ncc3cnn(C4CCCCC4)c3n1)CN(C)CC2. The lowest BCUT2D eigenvalue weighted by Crippen LogP contribution is -2.26. The van der Waals surface area contributed by atoms with E-state index in [4.69, 9.17) is 9.72 Å². The molecule has 8 nitrogen and oxygen atoms in total. The Bertz CT molecular complexity index is 1040. The zero-order valence-electron chi connectivity index (χ0n) is 19.6. The molecule has 1 aliphatic carbocycles. The van der Waals surface area contributed by atoms with Gasteiger partial charge in [0.2, 0.25) is 5.95 Å². The number of aromatic nitrogens is 4. The summed E-state index contributed by atoms with van der Waals surface area (Å²) in [6.45, 7) is 2.02. The predicted molar refractivity (Wildman–Crippen MR) is 127 cm³/mol. The molecule has 1 aliphatic heterocycles. The maximum atomic E-state index is 5.65. The van der Waals surface area contributed by atoms with Gasteiger partial charge in [-0.3, -0.25) is 0 Å². The topological polar surface area (TPSA) is 77.3 Å². The Morgan fingerprint density at radius 3 is 2.56 bits per heavy atom. The molecule has 0 unspecified atom stereocenters. The molecule has 1 fully saturated rings. The molecule has 1 aromatic carbocycles. The molecule has 1 saturated carbocycles. The molecule has 2 aromatic heterocycles. The molecule has 0 spiro atoms. The third-order valence-corrected chi connectivity index (χ3v) is 6.23. The van der Waals surface area contributed by atoms with E-state index in [1.807, 2.05) is 12.4 Å². The molecule has 0 amide bonds. The molecule has 0 radical (unpaired) electrons. The Morgan fingerprint density at radius 1 is 1.03 bits per heavy atom. The number of methoxy groups -OCH3 is 2. The molecule has 0 atom stereocenters. The van der Waals surface area contributed by atoms with E-state index in [2.05, 4.69) is 48.9 Å². The largest absolute Gasteiger partial charge is 0.495 e. The minimum Gasteiger partial charge on any atom is -0.495 e. The molecule has 2 aliphatic rings. The van der Waals surface area contributed by atoms with E-state index in [1.54, 1.807) is 21.3 Å². The molecule has 0 saturated heterocycles. The number of hydrogen-bond donors (Lipinski definition) is 1. The van der Waals surface area contributed by atoms with Crippen LogP contribution in [-0.2, 0) is 17.7 Å². The normalized spacial score (nSPS) is 16.9. The summed E-state index contributed by atoms with van der Waals surface area (Å²) in [6.07, 6.45) is 11.0. The van der Waals surface area contributed by atoms with Gasteiger partial charge in [0.05, 0.1) is 30.4 Å². The maximum absolute atomic E-state index is 5.65. The average molecular weight is 439 g/mol. The zero-order chi connectivity index (χ0) is 22.5. The lowest BCUT2D eigenvalue weighted by molar-refractivity contribution is 0.277. The van der Waals surface area contributed by atoms with Gasteiger partial charge >= 0.3 is 0 Å². The smallest absolute Gasteiger partial charge is 0.229 e. The van der Waals surface area contributed by atoms with Crippen LogP contribution in [0, 0.1) is 0 Å². The first-order valence-corrected chi connectivity index (χ1v) is 11.4. The highest BCUT2D eigenvalue weighted by Gasteiger charge is 2.20. The lowest BCUT2D eigenvalue weighted by atomic mass is 9.96. The summed E-state index contributed by atoms with van der Waals surface area (Å²) in [4.78, 5) is 11.7. The standard InChI is InChI=1S/C22H28N6O.C2H6O/c1-27-9-8-15-11-20(29-2)19(10-16(15)14-27)25-22-23-12-17-13-24-28(21(17)26-22)18-6-4-3-5-7-18;1-3-2/h10-13,18H,3-9,14H2,1-2H3,(H,23,25,26);1-2H3. The number of nitrogens with one attached hydrogen (secondary N) is 1. The highest BCUT2D eigenvalue weighted by molar-refractivity contribution is 5.76. The number of anilines is 2. The van der Waals surface area contributed by atoms with Gasteiger partial charge < -0.3 is 19.7 Å². The van der Waals surface area contributed by atoms with Crippen LogP contribution in [0.3, 0.4) is 0 Å². The van der Waals surface area contributed by atoms with E-state index >= 15 is 0 Å². The summed E-state index contributed by atoms with van der Waals surface area (Å²) >= 11 is 0. The second kappa shape index (κ2) is 10.3. The molecule has 3 aromatic rings. The van der Waals surface area contributed by atoms with Gasteiger partial charge in [-0.05, 0) is 49.6 Å². The van der Waals surface area contributed by atoms with Crippen LogP contribution in [0.2, 0.25) is 0 Å². The van der Waals surface area contributed by atoms with Gasteiger partial charge in [0.25, 0.3) is 0 Å². The van der Waals surface area contributed by atoms with Crippen LogP contribution in [0.1, 0.15) is 49.3 Å². The van der Waals surface area contributed by atoms with Crippen molar-refractivity contribution in [2.45, 2.75) is 51.1 Å². The predicted octanol–water partition coefficient (Wildman–Crippen LogP) is 4.33. The maximum Gasteiger partial charge on any atom is 0.229 e. The van der Waals surface area contributed by atoms with Crippen LogP contribution in [-0.4, -0.2) is 59.6 Å². The van der Waals surface area contributed by atoms with Gasteiger partial charge in [-0.15, -0.1) is 0 Å². The minimum absolute atomic E-state index is 0.442. The van der Waals surface area contributed by atoms with Gasteiger partial charge in [-0.25, -0.2) is 9.67 Å². The highest BCUT2D eigenvalue weighted by Crippen LogP contribution is 2.34. The summed E-state index contributed by atoms with van der Waals surface area (Å²) in [5.41, 5.74) is 4.50. The second-order valence-electron chi connectivity index (χ2n) is 8.70. The van der Waals surface area contributed by atoms with Crippen molar-refractivity contribution in [3.05, 3.63) is 35.7 Å². The van der Waals surface area contributed by atoms with Crippen LogP contribution in [0.4, 0.5) is 11.6 Å². The first-order valence-electron chi connectivity index (χ1n) is 11.4. The fraction of sp³-hybridized carbons (Fsp3) is 0.542. The molecule has 1 N–H and O–H groups in total. The minimum atomic E-state index is 0.442. The van der Waals surface area contributed by atoms with Crippen LogP contribution < -0.4 is 10.1 Å². The number of benzene rings is 1. The van der Waals surface area contributed by atoms with Crippen LogP contribution in [0.15, 0.2) is 24.5 Å². The highest BCUT2D eigenvalue weighted by atomic mass is 16.5. The summed E-state index contributed by atoms with van der Waals surface area (Å²) in [5, 5.41) is 9.00. The van der Waals surface area contributed by atoms with Crippen molar-refractivity contribution in [3.8, 4) is 5.75 Å². The van der Waals surface area contributed by atoms with E-state index < -0.39 is 0 Å². The first kappa shape index (κ1) is 22.5. The monoisotopic (exact) mass is 438 g/mol. The van der Waals surface area contributed by atoms with E-state index in [0.717, 1.165) is 42.0 Å². The molecular formula is C24H34N6O2. The van der Waals surface area contributed by atoms with Gasteiger partial charge in [-0.1, -0.05) is 19.3 Å². The summed E-state index contributed by atoms with van der Waals surface area (Å²) in [7, 11) is 7.12. The molecule has 172 valence electrons. The number of likely N-dealkylation sites (N-methyl/N-ethyl adjacent to an activating group) is 1. The van der Waals surface area contributed by atoms with E-state index in [-0.39, 0.29) is 0 Å².